The number of thioether (sulfide) groups is 1. The van der Waals surface area contributed by atoms with E-state index in [0.717, 1.165) is 22.8 Å². The van der Waals surface area contributed by atoms with E-state index < -0.39 is 0 Å². The van der Waals surface area contributed by atoms with Crippen LogP contribution >= 0.6 is 11.8 Å². The molecule has 0 saturated heterocycles. The number of hydrogen-bond donors (Lipinski definition) is 2. The molecule has 5 heteroatoms. The third-order valence-electron chi connectivity index (χ3n) is 1.84. The van der Waals surface area contributed by atoms with Gasteiger partial charge in [0.05, 0.1) is 12.0 Å². The van der Waals surface area contributed by atoms with Crippen molar-refractivity contribution in [2.24, 2.45) is 5.84 Å². The molecule has 3 N–H and O–H groups in total. The molecule has 0 unspecified atom stereocenters. The lowest BCUT2D eigenvalue weighted by molar-refractivity contribution is -0.120. The van der Waals surface area contributed by atoms with Crippen LogP contribution in [0.15, 0.2) is 16.7 Å². The number of furan rings is 1. The maximum atomic E-state index is 10.8. The summed E-state index contributed by atoms with van der Waals surface area (Å²) in [6.45, 7) is 2.01. The molecule has 0 aliphatic rings. The highest BCUT2D eigenvalue weighted by Gasteiger charge is 2.03. The van der Waals surface area contributed by atoms with Crippen LogP contribution in [0.1, 0.15) is 17.7 Å². The summed E-state index contributed by atoms with van der Waals surface area (Å²) in [5.41, 5.74) is 3.25. The van der Waals surface area contributed by atoms with Crippen LogP contribution in [0.4, 0.5) is 0 Å². The van der Waals surface area contributed by atoms with Crippen molar-refractivity contribution in [2.75, 3.05) is 5.75 Å². The summed E-state index contributed by atoms with van der Waals surface area (Å²) in [5, 5.41) is 0. The van der Waals surface area contributed by atoms with E-state index in [0.29, 0.717) is 6.42 Å². The number of amides is 1. The van der Waals surface area contributed by atoms with Crippen LogP contribution in [0.3, 0.4) is 0 Å². The van der Waals surface area contributed by atoms with Crippen molar-refractivity contribution in [1.82, 2.24) is 5.43 Å². The molecule has 0 fully saturated rings. The van der Waals surface area contributed by atoms with Crippen molar-refractivity contribution in [1.29, 1.82) is 0 Å². The van der Waals surface area contributed by atoms with Gasteiger partial charge < -0.3 is 4.42 Å². The second-order valence-electron chi connectivity index (χ2n) is 2.90. The van der Waals surface area contributed by atoms with E-state index in [9.17, 15) is 4.79 Å². The Labute approximate surface area is 87.2 Å². The molecule has 1 amide bonds. The fourth-order valence-electron chi connectivity index (χ4n) is 0.954. The van der Waals surface area contributed by atoms with E-state index in [4.69, 9.17) is 10.3 Å². The van der Waals surface area contributed by atoms with Gasteiger partial charge in [0.15, 0.2) is 0 Å². The molecule has 4 nitrogen and oxygen atoms in total. The first-order valence-electron chi connectivity index (χ1n) is 4.34. The molecule has 14 heavy (non-hydrogen) atoms. The number of carbonyl (C=O) groups excluding carboxylic acids is 1. The van der Waals surface area contributed by atoms with Gasteiger partial charge in [-0.05, 0) is 18.6 Å². The molecular formula is C9H14N2O2S. The molecule has 1 aromatic heterocycles. The van der Waals surface area contributed by atoms with Gasteiger partial charge >= 0.3 is 0 Å². The van der Waals surface area contributed by atoms with Gasteiger partial charge in [0.1, 0.15) is 5.76 Å². The lowest BCUT2D eigenvalue weighted by atomic mass is 10.3. The quantitative estimate of drug-likeness (QED) is 0.334. The Balaban J connectivity index is 2.16. The SMILES string of the molecule is Cc1ccoc1CSCCC(=O)NN. The van der Waals surface area contributed by atoms with Crippen LogP contribution in [-0.4, -0.2) is 11.7 Å². The highest BCUT2D eigenvalue weighted by molar-refractivity contribution is 7.98. The molecule has 0 atom stereocenters. The maximum Gasteiger partial charge on any atom is 0.234 e. The van der Waals surface area contributed by atoms with Crippen molar-refractivity contribution < 1.29 is 9.21 Å². The Morgan fingerprint density at radius 1 is 1.71 bits per heavy atom. The Kier molecular flexibility index (Phi) is 4.55. The Bertz CT molecular complexity index is 299. The summed E-state index contributed by atoms with van der Waals surface area (Å²) in [4.78, 5) is 10.8. The van der Waals surface area contributed by atoms with E-state index >= 15 is 0 Å². The number of rotatable bonds is 5. The van der Waals surface area contributed by atoms with Gasteiger partial charge in [-0.3, -0.25) is 10.2 Å². The smallest absolute Gasteiger partial charge is 0.234 e. The number of hydrazine groups is 1. The van der Waals surface area contributed by atoms with E-state index in [2.05, 4.69) is 5.43 Å². The highest BCUT2D eigenvalue weighted by Crippen LogP contribution is 2.17. The molecular weight excluding hydrogens is 200 g/mol. The fourth-order valence-corrected chi connectivity index (χ4v) is 1.91. The minimum atomic E-state index is -0.131. The molecule has 0 spiro atoms. The van der Waals surface area contributed by atoms with Gasteiger partial charge in [-0.15, -0.1) is 0 Å². The van der Waals surface area contributed by atoms with Crippen LogP contribution in [0.5, 0.6) is 0 Å². The van der Waals surface area contributed by atoms with Crippen molar-refractivity contribution in [2.45, 2.75) is 19.1 Å². The molecule has 0 aromatic carbocycles. The third-order valence-corrected chi connectivity index (χ3v) is 2.79. The Hall–Kier alpha value is -0.940. The van der Waals surface area contributed by atoms with E-state index in [1.54, 1.807) is 18.0 Å². The number of carbonyl (C=O) groups is 1. The zero-order valence-corrected chi connectivity index (χ0v) is 8.89. The normalized spacial score (nSPS) is 10.1. The van der Waals surface area contributed by atoms with Gasteiger partial charge in [0.2, 0.25) is 5.91 Å². The number of hydrogen-bond acceptors (Lipinski definition) is 4. The summed E-state index contributed by atoms with van der Waals surface area (Å²) < 4.78 is 5.25. The van der Waals surface area contributed by atoms with Gasteiger partial charge in [-0.25, -0.2) is 5.84 Å². The molecule has 1 rings (SSSR count). The van der Waals surface area contributed by atoms with Crippen LogP contribution in [0.2, 0.25) is 0 Å². The highest BCUT2D eigenvalue weighted by atomic mass is 32.2. The van der Waals surface area contributed by atoms with Gasteiger partial charge in [-0.2, -0.15) is 11.8 Å². The molecule has 0 aliphatic heterocycles. The molecule has 0 saturated carbocycles. The van der Waals surface area contributed by atoms with Crippen LogP contribution in [0.25, 0.3) is 0 Å². The predicted octanol–water partition coefficient (Wildman–Crippen LogP) is 1.20. The summed E-state index contributed by atoms with van der Waals surface area (Å²) in [5.74, 6) is 7.35. The first-order chi connectivity index (χ1) is 6.74. The zero-order valence-electron chi connectivity index (χ0n) is 8.08. The maximum absolute atomic E-state index is 10.8. The Morgan fingerprint density at radius 2 is 2.50 bits per heavy atom. The minimum Gasteiger partial charge on any atom is -0.468 e. The van der Waals surface area contributed by atoms with Crippen molar-refractivity contribution >= 4 is 17.7 Å². The number of nitrogens with one attached hydrogen (secondary N) is 1. The van der Waals surface area contributed by atoms with Crippen molar-refractivity contribution in [3.63, 3.8) is 0 Å². The molecule has 0 radical (unpaired) electrons. The largest absolute Gasteiger partial charge is 0.468 e. The standard InChI is InChI=1S/C9H14N2O2S/c1-7-2-4-13-8(7)6-14-5-3-9(12)11-10/h2,4H,3,5-6,10H2,1H3,(H,11,12). The predicted molar refractivity (Wildman–Crippen MR) is 56.6 cm³/mol. The molecule has 78 valence electrons. The lowest BCUT2D eigenvalue weighted by Gasteiger charge is -1.99. The number of nitrogens with two attached hydrogens (primary N) is 1. The fraction of sp³-hybridized carbons (Fsp3) is 0.444. The van der Waals surface area contributed by atoms with Crippen LogP contribution in [0, 0.1) is 6.92 Å². The topological polar surface area (TPSA) is 68.3 Å². The van der Waals surface area contributed by atoms with Crippen LogP contribution in [-0.2, 0) is 10.5 Å². The summed E-state index contributed by atoms with van der Waals surface area (Å²) >= 11 is 1.66. The van der Waals surface area contributed by atoms with E-state index in [1.807, 2.05) is 13.0 Å². The van der Waals surface area contributed by atoms with E-state index in [-0.39, 0.29) is 5.91 Å². The molecule has 0 aliphatic carbocycles. The van der Waals surface area contributed by atoms with Crippen molar-refractivity contribution in [3.8, 4) is 0 Å². The molecule has 0 bridgehead atoms. The second kappa shape index (κ2) is 5.72. The first-order valence-corrected chi connectivity index (χ1v) is 5.49. The second-order valence-corrected chi connectivity index (χ2v) is 4.00. The average Bonchev–Trinajstić information content (AvgIpc) is 2.58. The summed E-state index contributed by atoms with van der Waals surface area (Å²) in [7, 11) is 0. The molecule has 1 heterocycles. The number of aryl methyl sites for hydroxylation is 1. The van der Waals surface area contributed by atoms with E-state index in [1.165, 1.54) is 0 Å². The third kappa shape index (κ3) is 3.43. The summed E-state index contributed by atoms with van der Waals surface area (Å²) in [6.07, 6.45) is 2.12. The van der Waals surface area contributed by atoms with Gasteiger partial charge in [0, 0.05) is 12.2 Å². The average molecular weight is 214 g/mol. The molecule has 1 aromatic rings. The van der Waals surface area contributed by atoms with Crippen molar-refractivity contribution in [3.05, 3.63) is 23.7 Å². The zero-order chi connectivity index (χ0) is 10.4. The van der Waals surface area contributed by atoms with Gasteiger partial charge in [-0.1, -0.05) is 0 Å². The summed E-state index contributed by atoms with van der Waals surface area (Å²) in [6, 6.07) is 1.93. The van der Waals surface area contributed by atoms with Crippen LogP contribution < -0.4 is 11.3 Å². The Morgan fingerprint density at radius 3 is 3.07 bits per heavy atom. The minimum absolute atomic E-state index is 0.131. The first kappa shape index (κ1) is 11.1. The van der Waals surface area contributed by atoms with Gasteiger partial charge in [0.25, 0.3) is 0 Å². The lowest BCUT2D eigenvalue weighted by Crippen LogP contribution is -2.30. The monoisotopic (exact) mass is 214 g/mol.